The van der Waals surface area contributed by atoms with Crippen LogP contribution in [-0.2, 0) is 4.79 Å². The lowest BCUT2D eigenvalue weighted by Crippen LogP contribution is -2.27. The van der Waals surface area contributed by atoms with Gasteiger partial charge in [-0.3, -0.25) is 4.79 Å². The Hall–Kier alpha value is -2.60. The van der Waals surface area contributed by atoms with E-state index in [2.05, 4.69) is 5.32 Å². The Bertz CT molecular complexity index is 1040. The van der Waals surface area contributed by atoms with Crippen molar-refractivity contribution in [3.63, 3.8) is 0 Å². The second-order valence-corrected chi connectivity index (χ2v) is 7.47. The highest BCUT2D eigenvalue weighted by Crippen LogP contribution is 2.33. The van der Waals surface area contributed by atoms with Crippen LogP contribution in [0.5, 0.6) is 0 Å². The van der Waals surface area contributed by atoms with E-state index in [1.165, 1.54) is 23.5 Å². The van der Waals surface area contributed by atoms with E-state index in [1.807, 2.05) is 24.3 Å². The van der Waals surface area contributed by atoms with Gasteiger partial charge in [0.15, 0.2) is 0 Å². The van der Waals surface area contributed by atoms with E-state index in [1.54, 1.807) is 30.3 Å². The van der Waals surface area contributed by atoms with Crippen LogP contribution < -0.4 is 5.32 Å². The first-order chi connectivity index (χ1) is 12.9. The van der Waals surface area contributed by atoms with Gasteiger partial charge in [-0.2, -0.15) is 0 Å². The Morgan fingerprint density at radius 2 is 1.78 bits per heavy atom. The molecule has 0 saturated heterocycles. The summed E-state index contributed by atoms with van der Waals surface area (Å²) in [5, 5.41) is 12.8. The number of hydrogen-bond donors (Lipinski definition) is 2. The van der Waals surface area contributed by atoms with Gasteiger partial charge in [0.05, 0.1) is 0 Å². The number of halogens is 2. The molecule has 7 heteroatoms. The number of carboxylic acid groups (broad SMARTS) is 1. The van der Waals surface area contributed by atoms with Gasteiger partial charge in [-0.1, -0.05) is 47.5 Å². The molecule has 3 aromatic rings. The predicted octanol–water partition coefficient (Wildman–Crippen LogP) is 5.58. The zero-order valence-corrected chi connectivity index (χ0v) is 16.1. The minimum atomic E-state index is -1.24. The average Bonchev–Trinajstić information content (AvgIpc) is 3.09. The standard InChI is InChI=1S/C20H13Cl2NO3S/c21-13-5-3-4-12(10-13)19(24)23-17(20(25)26)11-14-8-9-18(27-14)15-6-1-2-7-16(15)22/h1-11H,(H,23,24)(H,25,26). The van der Waals surface area contributed by atoms with Crippen LogP contribution in [-0.4, -0.2) is 17.0 Å². The molecule has 0 saturated carbocycles. The molecule has 0 aliphatic carbocycles. The van der Waals surface area contributed by atoms with Gasteiger partial charge in [-0.25, -0.2) is 4.79 Å². The van der Waals surface area contributed by atoms with Crippen molar-refractivity contribution < 1.29 is 14.7 Å². The van der Waals surface area contributed by atoms with Crippen molar-refractivity contribution in [2.75, 3.05) is 0 Å². The number of benzene rings is 2. The third kappa shape index (κ3) is 4.77. The summed E-state index contributed by atoms with van der Waals surface area (Å²) >= 11 is 13.4. The molecule has 3 rings (SSSR count). The van der Waals surface area contributed by atoms with Crippen LogP contribution in [0.15, 0.2) is 66.4 Å². The normalized spacial score (nSPS) is 11.3. The number of aliphatic carboxylic acids is 1. The lowest BCUT2D eigenvalue weighted by Gasteiger charge is -2.06. The van der Waals surface area contributed by atoms with Crippen LogP contribution in [0.2, 0.25) is 10.0 Å². The summed E-state index contributed by atoms with van der Waals surface area (Å²) in [6.45, 7) is 0. The van der Waals surface area contributed by atoms with Crippen LogP contribution in [0.4, 0.5) is 0 Å². The summed E-state index contributed by atoms with van der Waals surface area (Å²) in [5.41, 5.74) is 0.911. The number of carboxylic acids is 1. The molecule has 0 bridgehead atoms. The van der Waals surface area contributed by atoms with Gasteiger partial charge in [0.1, 0.15) is 5.70 Å². The maximum atomic E-state index is 12.3. The number of amides is 1. The van der Waals surface area contributed by atoms with E-state index in [9.17, 15) is 14.7 Å². The van der Waals surface area contributed by atoms with Crippen molar-refractivity contribution in [1.82, 2.24) is 5.32 Å². The Morgan fingerprint density at radius 1 is 1.00 bits per heavy atom. The SMILES string of the molecule is O=C(O)C(=Cc1ccc(-c2ccccc2Cl)s1)NC(=O)c1cccc(Cl)c1. The van der Waals surface area contributed by atoms with E-state index < -0.39 is 11.9 Å². The average molecular weight is 418 g/mol. The molecule has 2 aromatic carbocycles. The largest absolute Gasteiger partial charge is 0.477 e. The number of thiophene rings is 1. The Kier molecular flexibility index (Phi) is 5.96. The van der Waals surface area contributed by atoms with Gasteiger partial charge in [0.25, 0.3) is 5.91 Å². The highest BCUT2D eigenvalue weighted by molar-refractivity contribution is 7.16. The van der Waals surface area contributed by atoms with Crippen molar-refractivity contribution in [2.45, 2.75) is 0 Å². The maximum Gasteiger partial charge on any atom is 0.352 e. The fourth-order valence-electron chi connectivity index (χ4n) is 2.35. The second kappa shape index (κ2) is 8.39. The second-order valence-electron chi connectivity index (χ2n) is 5.51. The Balaban J connectivity index is 1.85. The van der Waals surface area contributed by atoms with E-state index in [-0.39, 0.29) is 11.3 Å². The van der Waals surface area contributed by atoms with E-state index >= 15 is 0 Å². The molecule has 136 valence electrons. The van der Waals surface area contributed by atoms with Gasteiger partial charge >= 0.3 is 5.97 Å². The van der Waals surface area contributed by atoms with Gasteiger partial charge in [-0.05, 0) is 42.5 Å². The summed E-state index contributed by atoms with van der Waals surface area (Å²) in [6, 6.07) is 17.3. The van der Waals surface area contributed by atoms with Gasteiger partial charge in [0.2, 0.25) is 0 Å². The summed E-state index contributed by atoms with van der Waals surface area (Å²) < 4.78 is 0. The number of hydrogen-bond acceptors (Lipinski definition) is 3. The number of carbonyl (C=O) groups is 2. The lowest BCUT2D eigenvalue weighted by atomic mass is 10.2. The molecule has 27 heavy (non-hydrogen) atoms. The molecule has 2 N–H and O–H groups in total. The first-order valence-corrected chi connectivity index (χ1v) is 9.38. The Morgan fingerprint density at radius 3 is 2.48 bits per heavy atom. The minimum absolute atomic E-state index is 0.229. The van der Waals surface area contributed by atoms with Crippen molar-refractivity contribution in [3.8, 4) is 10.4 Å². The summed E-state index contributed by atoms with van der Waals surface area (Å²) in [7, 11) is 0. The molecule has 0 atom stereocenters. The summed E-state index contributed by atoms with van der Waals surface area (Å²) in [4.78, 5) is 25.4. The van der Waals surface area contributed by atoms with E-state index in [0.717, 1.165) is 10.4 Å². The zero-order chi connectivity index (χ0) is 19.4. The highest BCUT2D eigenvalue weighted by atomic mass is 35.5. The first-order valence-electron chi connectivity index (χ1n) is 7.80. The van der Waals surface area contributed by atoms with E-state index in [4.69, 9.17) is 23.2 Å². The quantitative estimate of drug-likeness (QED) is 0.532. The molecule has 4 nitrogen and oxygen atoms in total. The van der Waals surface area contributed by atoms with Crippen LogP contribution >= 0.6 is 34.5 Å². The van der Waals surface area contributed by atoms with Crippen LogP contribution in [0.1, 0.15) is 15.2 Å². The third-order valence-corrected chi connectivity index (χ3v) is 5.25. The highest BCUT2D eigenvalue weighted by Gasteiger charge is 2.14. The summed E-state index contributed by atoms with van der Waals surface area (Å²) in [5.74, 6) is -1.79. The lowest BCUT2D eigenvalue weighted by molar-refractivity contribution is -0.132. The number of rotatable bonds is 5. The minimum Gasteiger partial charge on any atom is -0.477 e. The molecular weight excluding hydrogens is 405 g/mol. The molecule has 0 unspecified atom stereocenters. The van der Waals surface area contributed by atoms with Crippen molar-refractivity contribution in [3.05, 3.63) is 86.8 Å². The molecule has 0 radical (unpaired) electrons. The molecule has 0 aliphatic rings. The number of nitrogens with one attached hydrogen (secondary N) is 1. The molecule has 1 heterocycles. The maximum absolute atomic E-state index is 12.3. The summed E-state index contributed by atoms with van der Waals surface area (Å²) in [6.07, 6.45) is 1.41. The molecular formula is C20H13Cl2NO3S. The smallest absolute Gasteiger partial charge is 0.352 e. The fourth-order valence-corrected chi connectivity index (χ4v) is 3.83. The predicted molar refractivity (Wildman–Crippen MR) is 109 cm³/mol. The molecule has 1 aromatic heterocycles. The Labute approximate surface area is 169 Å². The molecule has 0 spiro atoms. The molecule has 0 fully saturated rings. The first kappa shape index (κ1) is 19.2. The van der Waals surface area contributed by atoms with Gasteiger partial charge in [-0.15, -0.1) is 11.3 Å². The van der Waals surface area contributed by atoms with Gasteiger partial charge < -0.3 is 10.4 Å². The van der Waals surface area contributed by atoms with Crippen LogP contribution in [0, 0.1) is 0 Å². The van der Waals surface area contributed by atoms with Crippen LogP contribution in [0.25, 0.3) is 16.5 Å². The van der Waals surface area contributed by atoms with Crippen molar-refractivity contribution >= 4 is 52.5 Å². The van der Waals surface area contributed by atoms with Gasteiger partial charge in [0, 0.05) is 30.9 Å². The number of carbonyl (C=O) groups excluding carboxylic acids is 1. The fraction of sp³-hybridized carbons (Fsp3) is 0. The monoisotopic (exact) mass is 417 g/mol. The molecule has 0 aliphatic heterocycles. The van der Waals surface area contributed by atoms with Crippen molar-refractivity contribution in [2.24, 2.45) is 0 Å². The molecule has 1 amide bonds. The van der Waals surface area contributed by atoms with E-state index in [0.29, 0.717) is 14.9 Å². The van der Waals surface area contributed by atoms with Crippen LogP contribution in [0.3, 0.4) is 0 Å². The van der Waals surface area contributed by atoms with Crippen molar-refractivity contribution in [1.29, 1.82) is 0 Å². The topological polar surface area (TPSA) is 66.4 Å². The zero-order valence-electron chi connectivity index (χ0n) is 13.8. The third-order valence-electron chi connectivity index (χ3n) is 3.62.